The van der Waals surface area contributed by atoms with E-state index in [4.69, 9.17) is 4.74 Å². The largest absolute Gasteiger partial charge is 0.534 e. The van der Waals surface area contributed by atoms with Gasteiger partial charge in [-0.1, -0.05) is 27.7 Å². The SMILES string of the molecule is CC.CC.COC(=O)c1cc(OC)n2c(C)c(OS(=O)(=O)C(F)(F)F)nc2c1. The van der Waals surface area contributed by atoms with Crippen molar-refractivity contribution in [3.63, 3.8) is 0 Å². The minimum absolute atomic E-state index is 0.0112. The predicted octanol–water partition coefficient (Wildman–Crippen LogP) is 3.72. The minimum Gasteiger partial charge on any atom is -0.482 e. The number of fused-ring (bicyclic) bond motifs is 1. The molecular formula is C16H23F3N2O6S. The number of ether oxygens (including phenoxy) is 2. The topological polar surface area (TPSA) is 96.2 Å². The molecule has 2 heterocycles. The number of carbonyl (C=O) groups is 1. The van der Waals surface area contributed by atoms with Gasteiger partial charge in [0.15, 0.2) is 5.88 Å². The van der Waals surface area contributed by atoms with Crippen LogP contribution in [0.3, 0.4) is 0 Å². The summed E-state index contributed by atoms with van der Waals surface area (Å²) in [6.07, 6.45) is 0. The van der Waals surface area contributed by atoms with Crippen molar-refractivity contribution in [1.82, 2.24) is 9.38 Å². The lowest BCUT2D eigenvalue weighted by atomic mass is 10.2. The van der Waals surface area contributed by atoms with Crippen LogP contribution < -0.4 is 8.92 Å². The highest BCUT2D eigenvalue weighted by molar-refractivity contribution is 7.87. The van der Waals surface area contributed by atoms with Crippen LogP contribution in [0.15, 0.2) is 12.1 Å². The molecule has 2 rings (SSSR count). The maximum atomic E-state index is 12.4. The molecule has 12 heteroatoms. The number of halogens is 3. The Kier molecular flexibility index (Phi) is 9.25. The van der Waals surface area contributed by atoms with Gasteiger partial charge in [-0.15, -0.1) is 0 Å². The number of hydrogen-bond acceptors (Lipinski definition) is 7. The summed E-state index contributed by atoms with van der Waals surface area (Å²) in [6.45, 7) is 9.28. The molecule has 0 unspecified atom stereocenters. The second kappa shape index (κ2) is 10.2. The number of methoxy groups -OCH3 is 2. The van der Waals surface area contributed by atoms with E-state index >= 15 is 0 Å². The van der Waals surface area contributed by atoms with Crippen LogP contribution in [0, 0.1) is 6.92 Å². The summed E-state index contributed by atoms with van der Waals surface area (Å²) in [4.78, 5) is 15.3. The van der Waals surface area contributed by atoms with E-state index in [1.807, 2.05) is 27.7 Å². The van der Waals surface area contributed by atoms with Gasteiger partial charge in [0.1, 0.15) is 5.65 Å². The average Bonchev–Trinajstić information content (AvgIpc) is 2.97. The molecule has 0 saturated carbocycles. The highest BCUT2D eigenvalue weighted by Crippen LogP contribution is 2.31. The summed E-state index contributed by atoms with van der Waals surface area (Å²) in [5, 5.41) is 0. The van der Waals surface area contributed by atoms with Gasteiger partial charge >= 0.3 is 21.6 Å². The number of nitrogens with zero attached hydrogens (tertiary/aromatic N) is 2. The first kappa shape index (κ1) is 25.5. The third-order valence-electron chi connectivity index (χ3n) is 2.98. The molecule has 160 valence electrons. The van der Waals surface area contributed by atoms with Gasteiger partial charge in [0, 0.05) is 6.07 Å². The molecule has 0 aliphatic rings. The zero-order chi connectivity index (χ0) is 22.3. The van der Waals surface area contributed by atoms with Crippen molar-refractivity contribution < 1.29 is 40.0 Å². The molecule has 0 amide bonds. The van der Waals surface area contributed by atoms with Crippen molar-refractivity contribution in [1.29, 1.82) is 0 Å². The van der Waals surface area contributed by atoms with E-state index < -0.39 is 27.5 Å². The number of aryl methyl sites for hydroxylation is 1. The Balaban J connectivity index is 0.00000171. The van der Waals surface area contributed by atoms with Gasteiger partial charge in [-0.05, 0) is 13.0 Å². The summed E-state index contributed by atoms with van der Waals surface area (Å²) >= 11 is 0. The van der Waals surface area contributed by atoms with Gasteiger partial charge < -0.3 is 13.7 Å². The second-order valence-electron chi connectivity index (χ2n) is 4.46. The molecule has 0 atom stereocenters. The Morgan fingerprint density at radius 2 is 1.64 bits per heavy atom. The minimum atomic E-state index is -5.88. The molecular weight excluding hydrogens is 405 g/mol. The molecule has 0 fully saturated rings. The number of hydrogen-bond donors (Lipinski definition) is 0. The van der Waals surface area contributed by atoms with E-state index in [1.165, 1.54) is 30.6 Å². The number of imidazole rings is 1. The third-order valence-corrected chi connectivity index (χ3v) is 3.92. The van der Waals surface area contributed by atoms with Gasteiger partial charge in [0.25, 0.3) is 5.88 Å². The van der Waals surface area contributed by atoms with Crippen molar-refractivity contribution in [2.24, 2.45) is 0 Å². The fourth-order valence-electron chi connectivity index (χ4n) is 1.87. The fraction of sp³-hybridized carbons (Fsp3) is 0.500. The number of pyridine rings is 1. The molecule has 0 spiro atoms. The van der Waals surface area contributed by atoms with Crippen LogP contribution in [0.25, 0.3) is 5.65 Å². The Bertz CT molecular complexity index is 907. The Hall–Kier alpha value is -2.50. The smallest absolute Gasteiger partial charge is 0.482 e. The zero-order valence-corrected chi connectivity index (χ0v) is 17.4. The summed E-state index contributed by atoms with van der Waals surface area (Å²) in [5.74, 6) is -1.49. The van der Waals surface area contributed by atoms with Crippen LogP contribution in [-0.4, -0.2) is 43.5 Å². The van der Waals surface area contributed by atoms with Crippen molar-refractivity contribution in [3.05, 3.63) is 23.4 Å². The van der Waals surface area contributed by atoms with Crippen molar-refractivity contribution >= 4 is 21.7 Å². The molecule has 0 N–H and O–H groups in total. The van der Waals surface area contributed by atoms with E-state index in [-0.39, 0.29) is 22.8 Å². The highest BCUT2D eigenvalue weighted by Gasteiger charge is 2.49. The Labute approximate surface area is 161 Å². The molecule has 0 radical (unpaired) electrons. The van der Waals surface area contributed by atoms with Crippen LogP contribution in [0.2, 0.25) is 0 Å². The van der Waals surface area contributed by atoms with Gasteiger partial charge in [0.2, 0.25) is 0 Å². The summed E-state index contributed by atoms with van der Waals surface area (Å²) < 4.78 is 74.4. The first-order chi connectivity index (χ1) is 13.0. The third kappa shape index (κ3) is 5.27. The number of carbonyl (C=O) groups excluding carboxylic acids is 1. The maximum absolute atomic E-state index is 12.4. The molecule has 28 heavy (non-hydrogen) atoms. The average molecular weight is 428 g/mol. The van der Waals surface area contributed by atoms with E-state index in [0.717, 1.165) is 7.11 Å². The first-order valence-electron chi connectivity index (χ1n) is 8.18. The second-order valence-corrected chi connectivity index (χ2v) is 5.99. The number of alkyl halides is 3. The maximum Gasteiger partial charge on any atom is 0.534 e. The quantitative estimate of drug-likeness (QED) is 0.416. The zero-order valence-electron chi connectivity index (χ0n) is 16.5. The fourth-order valence-corrected chi connectivity index (χ4v) is 2.33. The molecule has 2 aromatic rings. The Morgan fingerprint density at radius 3 is 2.07 bits per heavy atom. The van der Waals surface area contributed by atoms with Crippen molar-refractivity contribution in [2.45, 2.75) is 40.1 Å². The summed E-state index contributed by atoms with van der Waals surface area (Å²) in [5.41, 5.74) is -5.71. The van der Waals surface area contributed by atoms with Crippen LogP contribution in [0.4, 0.5) is 13.2 Å². The van der Waals surface area contributed by atoms with E-state index in [2.05, 4.69) is 13.9 Å². The number of esters is 1. The Morgan fingerprint density at radius 1 is 1.11 bits per heavy atom. The summed E-state index contributed by atoms with van der Waals surface area (Å²) in [7, 11) is -3.49. The number of aromatic nitrogens is 2. The molecule has 0 aliphatic carbocycles. The van der Waals surface area contributed by atoms with Gasteiger partial charge in [-0.3, -0.25) is 4.40 Å². The molecule has 0 aromatic carbocycles. The molecule has 0 saturated heterocycles. The normalized spacial score (nSPS) is 10.9. The molecule has 0 bridgehead atoms. The van der Waals surface area contributed by atoms with Crippen LogP contribution in [0.5, 0.6) is 11.8 Å². The van der Waals surface area contributed by atoms with Gasteiger partial charge in [-0.2, -0.15) is 26.6 Å². The van der Waals surface area contributed by atoms with Crippen LogP contribution >= 0.6 is 0 Å². The molecule has 8 nitrogen and oxygen atoms in total. The van der Waals surface area contributed by atoms with Crippen LogP contribution in [0.1, 0.15) is 43.7 Å². The highest BCUT2D eigenvalue weighted by atomic mass is 32.2. The van der Waals surface area contributed by atoms with Gasteiger partial charge in [0.05, 0.1) is 25.5 Å². The lowest BCUT2D eigenvalue weighted by Crippen LogP contribution is -2.28. The lowest BCUT2D eigenvalue weighted by molar-refractivity contribution is -0.0501. The lowest BCUT2D eigenvalue weighted by Gasteiger charge is -2.09. The van der Waals surface area contributed by atoms with E-state index in [1.54, 1.807) is 0 Å². The van der Waals surface area contributed by atoms with Crippen LogP contribution in [-0.2, 0) is 14.9 Å². The van der Waals surface area contributed by atoms with Crippen molar-refractivity contribution in [3.8, 4) is 11.8 Å². The first-order valence-corrected chi connectivity index (χ1v) is 9.59. The predicted molar refractivity (Wildman–Crippen MR) is 96.1 cm³/mol. The molecule has 2 aromatic heterocycles. The van der Waals surface area contributed by atoms with Crippen molar-refractivity contribution in [2.75, 3.05) is 14.2 Å². The van der Waals surface area contributed by atoms with E-state index in [0.29, 0.717) is 0 Å². The molecule has 0 aliphatic heterocycles. The summed E-state index contributed by atoms with van der Waals surface area (Å²) in [6, 6.07) is 2.45. The van der Waals surface area contributed by atoms with E-state index in [9.17, 15) is 26.4 Å². The van der Waals surface area contributed by atoms with Gasteiger partial charge in [-0.25, -0.2) is 4.79 Å². The monoisotopic (exact) mass is 428 g/mol. The standard InChI is InChI=1S/C12H11F3N2O6S.2C2H6/c1-6-10(23-24(19,20)12(13,14)15)16-8-4-7(11(18)22-3)5-9(21-2)17(6)8;2*1-2/h4-5H,1-3H3;2*1-2H3. The number of rotatable bonds is 4.